The summed E-state index contributed by atoms with van der Waals surface area (Å²) in [6.45, 7) is 0. The lowest BCUT2D eigenvalue weighted by Crippen LogP contribution is -2.35. The van der Waals surface area contributed by atoms with Crippen LogP contribution in [0.25, 0.3) is 11.4 Å². The van der Waals surface area contributed by atoms with Gasteiger partial charge in [-0.2, -0.15) is 0 Å². The number of halogens is 2. The van der Waals surface area contributed by atoms with Gasteiger partial charge < -0.3 is 5.32 Å². The van der Waals surface area contributed by atoms with Gasteiger partial charge in [0, 0.05) is 10.0 Å². The normalized spacial score (nSPS) is 10.4. The fraction of sp³-hybridized carbons (Fsp3) is 0.0588. The second-order valence-corrected chi connectivity index (χ2v) is 7.01. The summed E-state index contributed by atoms with van der Waals surface area (Å²) in [6, 6.07) is 12.4. The fourth-order valence-corrected chi connectivity index (χ4v) is 3.16. The molecule has 0 fully saturated rings. The van der Waals surface area contributed by atoms with Gasteiger partial charge in [-0.1, -0.05) is 58.0 Å². The molecule has 1 aromatic heterocycles. The number of H-pyrrole nitrogens is 1. The molecule has 10 heteroatoms. The van der Waals surface area contributed by atoms with Gasteiger partial charge in [0.1, 0.15) is 5.82 Å². The number of anilines is 1. The lowest BCUT2D eigenvalue weighted by Gasteiger charge is -2.06. The highest BCUT2D eigenvalue weighted by molar-refractivity contribution is 9.10. The number of hydrogen-bond acceptors (Lipinski definition) is 5. The second kappa shape index (κ2) is 8.78. The van der Waals surface area contributed by atoms with E-state index in [1.807, 2.05) is 24.3 Å². The zero-order valence-electron chi connectivity index (χ0n) is 13.7. The minimum Gasteiger partial charge on any atom is -0.305 e. The molecule has 0 unspecified atom stereocenters. The maximum Gasteiger partial charge on any atom is 0.325 e. The highest BCUT2D eigenvalue weighted by atomic mass is 79.9. The molecular weight excluding hydrogens is 437 g/mol. The van der Waals surface area contributed by atoms with Crippen molar-refractivity contribution in [2.24, 2.45) is 0 Å². The summed E-state index contributed by atoms with van der Waals surface area (Å²) in [5.74, 6) is -0.656. The van der Waals surface area contributed by atoms with Crippen LogP contribution in [0.2, 0.25) is 0 Å². The molecule has 0 aliphatic heterocycles. The lowest BCUT2D eigenvalue weighted by atomic mass is 10.2. The van der Waals surface area contributed by atoms with E-state index in [-0.39, 0.29) is 11.4 Å². The first-order valence-electron chi connectivity index (χ1n) is 7.68. The Labute approximate surface area is 166 Å². The number of aromatic nitrogens is 3. The molecule has 3 amide bonds. The van der Waals surface area contributed by atoms with E-state index in [4.69, 9.17) is 0 Å². The van der Waals surface area contributed by atoms with Gasteiger partial charge in [-0.3, -0.25) is 15.2 Å². The number of aromatic amines is 1. The monoisotopic (exact) mass is 449 g/mol. The topological polar surface area (TPSA) is 99.8 Å². The first kappa shape index (κ1) is 19.1. The SMILES string of the molecule is O=C(CSc1n[nH]c(-c2ccccc2Br)n1)NC(=O)Nc1ccccc1F. The number of thioether (sulfide) groups is 1. The van der Waals surface area contributed by atoms with Crippen LogP contribution in [-0.2, 0) is 4.79 Å². The van der Waals surface area contributed by atoms with Crippen LogP contribution in [0.15, 0.2) is 58.2 Å². The smallest absolute Gasteiger partial charge is 0.305 e. The summed E-state index contributed by atoms with van der Waals surface area (Å²) in [7, 11) is 0. The number of para-hydroxylation sites is 1. The second-order valence-electron chi connectivity index (χ2n) is 5.22. The maximum atomic E-state index is 13.5. The van der Waals surface area contributed by atoms with Crippen molar-refractivity contribution in [1.82, 2.24) is 20.5 Å². The molecular formula is C17H13BrFN5O2S. The third-order valence-corrected chi connectivity index (χ3v) is 4.84. The fourth-order valence-electron chi connectivity index (χ4n) is 2.09. The number of imide groups is 1. The van der Waals surface area contributed by atoms with E-state index < -0.39 is 17.8 Å². The first-order valence-corrected chi connectivity index (χ1v) is 9.46. The molecule has 0 aliphatic rings. The molecule has 3 rings (SSSR count). The van der Waals surface area contributed by atoms with Crippen molar-refractivity contribution < 1.29 is 14.0 Å². The Balaban J connectivity index is 1.52. The Morgan fingerprint density at radius 3 is 2.67 bits per heavy atom. The van der Waals surface area contributed by atoms with E-state index in [1.54, 1.807) is 6.07 Å². The summed E-state index contributed by atoms with van der Waals surface area (Å²) in [5, 5.41) is 11.6. The van der Waals surface area contributed by atoms with Gasteiger partial charge in [0.05, 0.1) is 11.4 Å². The standard InChI is InChI=1S/C17H13BrFN5O2S/c18-11-6-2-1-5-10(11)15-22-17(24-23-15)27-9-14(25)21-16(26)20-13-8-4-3-7-12(13)19/h1-8H,9H2,(H,22,23,24)(H2,20,21,25,26). The minimum atomic E-state index is -0.811. The average molecular weight is 450 g/mol. The lowest BCUT2D eigenvalue weighted by molar-refractivity contribution is -0.117. The van der Waals surface area contributed by atoms with Crippen molar-refractivity contribution in [3.63, 3.8) is 0 Å². The molecule has 1 heterocycles. The number of hydrogen-bond donors (Lipinski definition) is 3. The summed E-state index contributed by atoms with van der Waals surface area (Å²) < 4.78 is 14.3. The van der Waals surface area contributed by atoms with Crippen LogP contribution in [-0.4, -0.2) is 32.9 Å². The van der Waals surface area contributed by atoms with Crippen molar-refractivity contribution >= 4 is 45.3 Å². The molecule has 0 bridgehead atoms. The van der Waals surface area contributed by atoms with Gasteiger partial charge >= 0.3 is 6.03 Å². The van der Waals surface area contributed by atoms with Gasteiger partial charge in [-0.15, -0.1) is 5.10 Å². The number of amides is 3. The van der Waals surface area contributed by atoms with Crippen molar-refractivity contribution in [3.8, 4) is 11.4 Å². The largest absolute Gasteiger partial charge is 0.325 e. The van der Waals surface area contributed by atoms with E-state index >= 15 is 0 Å². The number of carbonyl (C=O) groups is 2. The molecule has 3 aromatic rings. The molecule has 0 spiro atoms. The summed E-state index contributed by atoms with van der Waals surface area (Å²) in [6.07, 6.45) is 0. The van der Waals surface area contributed by atoms with Crippen LogP contribution in [0.1, 0.15) is 0 Å². The third kappa shape index (κ3) is 5.14. The van der Waals surface area contributed by atoms with Crippen LogP contribution in [0, 0.1) is 5.82 Å². The van der Waals surface area contributed by atoms with Crippen molar-refractivity contribution in [2.75, 3.05) is 11.1 Å². The van der Waals surface area contributed by atoms with Gasteiger partial charge in [0.15, 0.2) is 5.82 Å². The van der Waals surface area contributed by atoms with E-state index in [2.05, 4.69) is 41.7 Å². The number of carbonyl (C=O) groups excluding carboxylic acids is 2. The Kier molecular flexibility index (Phi) is 6.20. The molecule has 0 saturated carbocycles. The number of benzene rings is 2. The minimum absolute atomic E-state index is 0.0116. The number of urea groups is 1. The zero-order chi connectivity index (χ0) is 19.2. The predicted molar refractivity (Wildman–Crippen MR) is 104 cm³/mol. The van der Waals surface area contributed by atoms with Crippen molar-refractivity contribution in [2.45, 2.75) is 5.16 Å². The van der Waals surface area contributed by atoms with Gasteiger partial charge in [-0.25, -0.2) is 14.2 Å². The number of rotatable bonds is 5. The van der Waals surface area contributed by atoms with Crippen molar-refractivity contribution in [3.05, 3.63) is 58.8 Å². The number of nitrogens with zero attached hydrogens (tertiary/aromatic N) is 2. The average Bonchev–Trinajstić information content (AvgIpc) is 3.11. The van der Waals surface area contributed by atoms with Gasteiger partial charge in [0.25, 0.3) is 0 Å². The molecule has 3 N–H and O–H groups in total. The van der Waals surface area contributed by atoms with E-state index in [1.165, 1.54) is 18.2 Å². The quantitative estimate of drug-likeness (QED) is 0.514. The van der Waals surface area contributed by atoms with Crippen molar-refractivity contribution in [1.29, 1.82) is 0 Å². The Bertz CT molecular complexity index is 981. The van der Waals surface area contributed by atoms with Crippen LogP contribution in [0.4, 0.5) is 14.9 Å². The summed E-state index contributed by atoms with van der Waals surface area (Å²) >= 11 is 4.50. The first-order chi connectivity index (χ1) is 13.0. The molecule has 0 saturated heterocycles. The Morgan fingerprint density at radius 2 is 1.89 bits per heavy atom. The predicted octanol–water partition coefficient (Wildman–Crippen LogP) is 3.81. The van der Waals surface area contributed by atoms with Crippen LogP contribution < -0.4 is 10.6 Å². The van der Waals surface area contributed by atoms with E-state index in [0.717, 1.165) is 21.8 Å². The molecule has 138 valence electrons. The summed E-state index contributed by atoms with van der Waals surface area (Å²) in [5.41, 5.74) is 0.827. The van der Waals surface area contributed by atoms with Crippen LogP contribution in [0.5, 0.6) is 0 Å². The molecule has 0 radical (unpaired) electrons. The highest BCUT2D eigenvalue weighted by Gasteiger charge is 2.13. The van der Waals surface area contributed by atoms with Crippen LogP contribution in [0.3, 0.4) is 0 Å². The zero-order valence-corrected chi connectivity index (χ0v) is 16.1. The van der Waals surface area contributed by atoms with E-state index in [0.29, 0.717) is 11.0 Å². The van der Waals surface area contributed by atoms with Crippen LogP contribution >= 0.6 is 27.7 Å². The Morgan fingerprint density at radius 1 is 1.15 bits per heavy atom. The Hall–Kier alpha value is -2.72. The summed E-state index contributed by atoms with van der Waals surface area (Å²) in [4.78, 5) is 27.9. The molecule has 0 aliphatic carbocycles. The molecule has 27 heavy (non-hydrogen) atoms. The number of nitrogens with one attached hydrogen (secondary N) is 3. The van der Waals surface area contributed by atoms with Gasteiger partial charge in [0.2, 0.25) is 11.1 Å². The third-order valence-electron chi connectivity index (χ3n) is 3.30. The van der Waals surface area contributed by atoms with E-state index in [9.17, 15) is 14.0 Å². The molecule has 2 aromatic carbocycles. The van der Waals surface area contributed by atoms with Gasteiger partial charge in [-0.05, 0) is 18.2 Å². The molecule has 0 atom stereocenters. The highest BCUT2D eigenvalue weighted by Crippen LogP contribution is 2.26. The molecule has 7 nitrogen and oxygen atoms in total. The maximum absolute atomic E-state index is 13.5.